The monoisotopic (exact) mass is 153 g/mol. The standard InChI is InChI=1S/C6H7N3O2/c10-6(11)4-1-2-5-8-7-3-9(4)5/h3-4H,1-2H2,(H,10,11)/t4-/m0/s1. The first kappa shape index (κ1) is 6.33. The second-order valence-electron chi connectivity index (χ2n) is 2.55. The molecule has 0 unspecified atom stereocenters. The molecule has 1 atom stereocenters. The van der Waals surface area contributed by atoms with Gasteiger partial charge >= 0.3 is 5.97 Å². The maximum atomic E-state index is 10.6. The molecule has 0 bridgehead atoms. The fourth-order valence-electron chi connectivity index (χ4n) is 1.35. The van der Waals surface area contributed by atoms with Gasteiger partial charge in [-0.2, -0.15) is 0 Å². The Labute approximate surface area is 62.7 Å². The van der Waals surface area contributed by atoms with Crippen LogP contribution in [0.4, 0.5) is 0 Å². The molecule has 1 N–H and O–H groups in total. The van der Waals surface area contributed by atoms with Gasteiger partial charge in [-0.3, -0.25) is 0 Å². The average molecular weight is 153 g/mol. The Morgan fingerprint density at radius 2 is 2.64 bits per heavy atom. The molecule has 0 fully saturated rings. The van der Waals surface area contributed by atoms with E-state index in [-0.39, 0.29) is 0 Å². The Kier molecular flexibility index (Phi) is 1.18. The molecule has 1 aromatic rings. The van der Waals surface area contributed by atoms with Gasteiger partial charge < -0.3 is 9.67 Å². The van der Waals surface area contributed by atoms with Crippen molar-refractivity contribution in [2.45, 2.75) is 18.9 Å². The minimum atomic E-state index is -0.802. The molecule has 0 radical (unpaired) electrons. The minimum Gasteiger partial charge on any atom is -0.480 e. The number of aromatic nitrogens is 3. The molecule has 58 valence electrons. The van der Waals surface area contributed by atoms with Crippen LogP contribution in [0.3, 0.4) is 0 Å². The van der Waals surface area contributed by atoms with Gasteiger partial charge in [-0.05, 0) is 6.42 Å². The molecule has 2 heterocycles. The lowest BCUT2D eigenvalue weighted by Gasteiger charge is -2.03. The van der Waals surface area contributed by atoms with E-state index in [1.807, 2.05) is 0 Å². The summed E-state index contributed by atoms with van der Waals surface area (Å²) in [5.41, 5.74) is 0. The molecule has 1 aromatic heterocycles. The summed E-state index contributed by atoms with van der Waals surface area (Å²) in [5, 5.41) is 16.1. The lowest BCUT2D eigenvalue weighted by Crippen LogP contribution is -2.13. The zero-order valence-corrected chi connectivity index (χ0v) is 5.77. The highest BCUT2D eigenvalue weighted by Crippen LogP contribution is 2.23. The van der Waals surface area contributed by atoms with Crippen molar-refractivity contribution < 1.29 is 9.90 Å². The SMILES string of the molecule is O=C(O)[C@@H]1CCc2nncn21. The fourth-order valence-corrected chi connectivity index (χ4v) is 1.35. The number of aliphatic carboxylic acids is 1. The summed E-state index contributed by atoms with van der Waals surface area (Å²) in [5.74, 6) is -0.0269. The van der Waals surface area contributed by atoms with Crippen molar-refractivity contribution in [1.29, 1.82) is 0 Å². The van der Waals surface area contributed by atoms with Gasteiger partial charge in [-0.25, -0.2) is 4.79 Å². The molecule has 1 aliphatic rings. The third-order valence-corrected chi connectivity index (χ3v) is 1.91. The molecule has 1 aliphatic heterocycles. The predicted octanol–water partition coefficient (Wildman–Crippen LogP) is -0.150. The highest BCUT2D eigenvalue weighted by Gasteiger charge is 2.28. The van der Waals surface area contributed by atoms with Crippen molar-refractivity contribution >= 4 is 5.97 Å². The van der Waals surface area contributed by atoms with E-state index >= 15 is 0 Å². The summed E-state index contributed by atoms with van der Waals surface area (Å²) in [6.45, 7) is 0. The number of carbonyl (C=O) groups is 1. The molecule has 0 saturated heterocycles. The van der Waals surface area contributed by atoms with Gasteiger partial charge in [0.05, 0.1) is 0 Å². The zero-order valence-electron chi connectivity index (χ0n) is 5.77. The van der Waals surface area contributed by atoms with E-state index in [0.29, 0.717) is 6.42 Å². The van der Waals surface area contributed by atoms with E-state index in [1.165, 1.54) is 6.33 Å². The van der Waals surface area contributed by atoms with Crippen LogP contribution >= 0.6 is 0 Å². The van der Waals surface area contributed by atoms with Gasteiger partial charge in [0.1, 0.15) is 18.2 Å². The maximum absolute atomic E-state index is 10.6. The van der Waals surface area contributed by atoms with Crippen LogP contribution < -0.4 is 0 Å². The van der Waals surface area contributed by atoms with Gasteiger partial charge in [0.15, 0.2) is 0 Å². The van der Waals surface area contributed by atoms with E-state index in [2.05, 4.69) is 10.2 Å². The summed E-state index contributed by atoms with van der Waals surface area (Å²) in [6.07, 6.45) is 2.83. The van der Waals surface area contributed by atoms with Crippen molar-refractivity contribution in [3.63, 3.8) is 0 Å². The van der Waals surface area contributed by atoms with E-state index in [9.17, 15) is 4.79 Å². The van der Waals surface area contributed by atoms with E-state index in [1.54, 1.807) is 4.57 Å². The van der Waals surface area contributed by atoms with Crippen molar-refractivity contribution in [1.82, 2.24) is 14.8 Å². The van der Waals surface area contributed by atoms with E-state index in [0.717, 1.165) is 12.2 Å². The number of hydrogen-bond donors (Lipinski definition) is 1. The van der Waals surface area contributed by atoms with Crippen LogP contribution in [0.25, 0.3) is 0 Å². The van der Waals surface area contributed by atoms with Crippen LogP contribution in [0.5, 0.6) is 0 Å². The second kappa shape index (κ2) is 2.05. The smallest absolute Gasteiger partial charge is 0.326 e. The van der Waals surface area contributed by atoms with Gasteiger partial charge in [-0.1, -0.05) is 0 Å². The number of fused-ring (bicyclic) bond motifs is 1. The molecule has 0 amide bonds. The largest absolute Gasteiger partial charge is 0.480 e. The molecule has 5 heteroatoms. The predicted molar refractivity (Wildman–Crippen MR) is 35.0 cm³/mol. The summed E-state index contributed by atoms with van der Waals surface area (Å²) < 4.78 is 1.61. The first-order chi connectivity index (χ1) is 5.29. The first-order valence-electron chi connectivity index (χ1n) is 3.40. The minimum absolute atomic E-state index is 0.444. The zero-order chi connectivity index (χ0) is 7.84. The van der Waals surface area contributed by atoms with Gasteiger partial charge in [-0.15, -0.1) is 10.2 Å². The van der Waals surface area contributed by atoms with Crippen LogP contribution in [0.15, 0.2) is 6.33 Å². The van der Waals surface area contributed by atoms with Gasteiger partial charge in [0.25, 0.3) is 0 Å². The summed E-state index contributed by atoms with van der Waals surface area (Å²) in [6, 6.07) is -0.444. The van der Waals surface area contributed by atoms with Crippen molar-refractivity contribution in [3.05, 3.63) is 12.2 Å². The van der Waals surface area contributed by atoms with Crippen molar-refractivity contribution in [2.75, 3.05) is 0 Å². The molecular formula is C6H7N3O2. The van der Waals surface area contributed by atoms with Crippen LogP contribution in [-0.2, 0) is 11.2 Å². The number of nitrogens with zero attached hydrogens (tertiary/aromatic N) is 3. The van der Waals surface area contributed by atoms with Gasteiger partial charge in [0.2, 0.25) is 0 Å². The number of rotatable bonds is 1. The molecule has 2 rings (SSSR count). The molecular weight excluding hydrogens is 146 g/mol. The number of hydrogen-bond acceptors (Lipinski definition) is 3. The lowest BCUT2D eigenvalue weighted by molar-refractivity contribution is -0.140. The Bertz CT molecular complexity index is 294. The molecule has 0 aliphatic carbocycles. The Morgan fingerprint density at radius 1 is 1.82 bits per heavy atom. The third kappa shape index (κ3) is 0.806. The molecule has 11 heavy (non-hydrogen) atoms. The average Bonchev–Trinajstić information content (AvgIpc) is 2.41. The van der Waals surface area contributed by atoms with Crippen molar-refractivity contribution in [2.24, 2.45) is 0 Å². The van der Waals surface area contributed by atoms with Crippen molar-refractivity contribution in [3.8, 4) is 0 Å². The summed E-state index contributed by atoms with van der Waals surface area (Å²) in [4.78, 5) is 10.6. The molecule has 0 saturated carbocycles. The lowest BCUT2D eigenvalue weighted by atomic mass is 10.2. The summed E-state index contributed by atoms with van der Waals surface area (Å²) in [7, 11) is 0. The number of carboxylic acids is 1. The maximum Gasteiger partial charge on any atom is 0.326 e. The normalized spacial score (nSPS) is 21.6. The van der Waals surface area contributed by atoms with Crippen LogP contribution in [0.2, 0.25) is 0 Å². The topological polar surface area (TPSA) is 68.0 Å². The fraction of sp³-hybridized carbons (Fsp3) is 0.500. The highest BCUT2D eigenvalue weighted by atomic mass is 16.4. The summed E-state index contributed by atoms with van der Waals surface area (Å²) >= 11 is 0. The molecule has 0 aromatic carbocycles. The Balaban J connectivity index is 2.38. The molecule has 0 spiro atoms. The number of carboxylic acid groups (broad SMARTS) is 1. The quantitative estimate of drug-likeness (QED) is 0.609. The second-order valence-corrected chi connectivity index (χ2v) is 2.55. The highest BCUT2D eigenvalue weighted by molar-refractivity contribution is 5.72. The first-order valence-corrected chi connectivity index (χ1v) is 3.40. The van der Waals surface area contributed by atoms with Crippen LogP contribution in [0, 0.1) is 0 Å². The van der Waals surface area contributed by atoms with Crippen LogP contribution in [-0.4, -0.2) is 25.8 Å². The molecule has 5 nitrogen and oxygen atoms in total. The number of aryl methyl sites for hydroxylation is 1. The third-order valence-electron chi connectivity index (χ3n) is 1.91. The Hall–Kier alpha value is -1.39. The van der Waals surface area contributed by atoms with E-state index < -0.39 is 12.0 Å². The van der Waals surface area contributed by atoms with Crippen LogP contribution in [0.1, 0.15) is 18.3 Å². The van der Waals surface area contributed by atoms with Gasteiger partial charge in [0, 0.05) is 6.42 Å². The Morgan fingerprint density at radius 3 is 3.36 bits per heavy atom. The van der Waals surface area contributed by atoms with E-state index in [4.69, 9.17) is 5.11 Å².